The van der Waals surface area contributed by atoms with Crippen LogP contribution in [0.4, 0.5) is 0 Å². The van der Waals surface area contributed by atoms with E-state index in [0.717, 1.165) is 25.7 Å². The fraction of sp³-hybridized carbons (Fsp3) is 0.833. The lowest BCUT2D eigenvalue weighted by Crippen LogP contribution is -2.46. The standard InChI is InChI=1S/C18H33N3O4S.ClH/c1-11(2)15(19)17(23)20-10-12-4-6-13(7-5-12)16(22)21-14(18(24)25)8-9-26-3;/h11-15H,4-10,19H2,1-3H3,(H,20,23)(H,21,22)(H,24,25);1H/t12?,13?,14-,15-;/m1./s1. The van der Waals surface area contributed by atoms with Crippen LogP contribution in [0.1, 0.15) is 46.0 Å². The van der Waals surface area contributed by atoms with E-state index in [-0.39, 0.29) is 36.1 Å². The van der Waals surface area contributed by atoms with Gasteiger partial charge in [0, 0.05) is 12.5 Å². The van der Waals surface area contributed by atoms with Crippen molar-refractivity contribution in [2.45, 2.75) is 58.0 Å². The SMILES string of the molecule is CSCC[C@@H](NC(=O)C1CCC(CNC(=O)[C@H](N)C(C)C)CC1)C(=O)O.Cl. The van der Waals surface area contributed by atoms with Crippen LogP contribution in [0.2, 0.25) is 0 Å². The van der Waals surface area contributed by atoms with Crippen molar-refractivity contribution in [2.75, 3.05) is 18.6 Å². The van der Waals surface area contributed by atoms with E-state index in [1.807, 2.05) is 20.1 Å². The largest absolute Gasteiger partial charge is 0.480 e. The van der Waals surface area contributed by atoms with Gasteiger partial charge in [0.2, 0.25) is 11.8 Å². The first-order valence-electron chi connectivity index (χ1n) is 9.31. The van der Waals surface area contributed by atoms with Crippen LogP contribution in [0.25, 0.3) is 0 Å². The normalized spacial score (nSPS) is 21.7. The van der Waals surface area contributed by atoms with Gasteiger partial charge in [0.15, 0.2) is 0 Å². The molecule has 27 heavy (non-hydrogen) atoms. The number of carbonyl (C=O) groups excluding carboxylic acids is 2. The number of halogens is 1. The van der Waals surface area contributed by atoms with Gasteiger partial charge in [0.25, 0.3) is 0 Å². The van der Waals surface area contributed by atoms with Crippen molar-refractivity contribution >= 4 is 42.0 Å². The predicted octanol–water partition coefficient (Wildman–Crippen LogP) is 1.64. The second-order valence-electron chi connectivity index (χ2n) is 7.41. The number of nitrogens with two attached hydrogens (primary N) is 1. The highest BCUT2D eigenvalue weighted by atomic mass is 35.5. The Kier molecular flexibility index (Phi) is 12.7. The minimum atomic E-state index is -0.981. The Balaban J connectivity index is 0.00000676. The molecule has 1 fully saturated rings. The molecule has 7 nitrogen and oxygen atoms in total. The molecule has 5 N–H and O–H groups in total. The number of hydrogen-bond donors (Lipinski definition) is 4. The molecule has 0 saturated heterocycles. The topological polar surface area (TPSA) is 122 Å². The highest BCUT2D eigenvalue weighted by molar-refractivity contribution is 7.98. The number of nitrogens with one attached hydrogen (secondary N) is 2. The second kappa shape index (κ2) is 13.2. The summed E-state index contributed by atoms with van der Waals surface area (Å²) >= 11 is 1.56. The van der Waals surface area contributed by atoms with Crippen molar-refractivity contribution in [1.82, 2.24) is 10.6 Å². The van der Waals surface area contributed by atoms with E-state index in [9.17, 15) is 19.5 Å². The van der Waals surface area contributed by atoms with Crippen LogP contribution in [0.15, 0.2) is 0 Å². The number of carboxylic acid groups (broad SMARTS) is 1. The predicted molar refractivity (Wildman–Crippen MR) is 111 cm³/mol. The lowest BCUT2D eigenvalue weighted by atomic mass is 9.81. The summed E-state index contributed by atoms with van der Waals surface area (Å²) in [4.78, 5) is 35.5. The fourth-order valence-corrected chi connectivity index (χ4v) is 3.55. The van der Waals surface area contributed by atoms with Gasteiger partial charge < -0.3 is 21.5 Å². The van der Waals surface area contributed by atoms with Crippen LogP contribution >= 0.6 is 24.2 Å². The lowest BCUT2D eigenvalue weighted by Gasteiger charge is -2.29. The summed E-state index contributed by atoms with van der Waals surface area (Å²) < 4.78 is 0. The summed E-state index contributed by atoms with van der Waals surface area (Å²) in [5, 5.41) is 14.8. The molecule has 1 rings (SSSR count). The van der Waals surface area contributed by atoms with Crippen molar-refractivity contribution in [2.24, 2.45) is 23.5 Å². The van der Waals surface area contributed by atoms with Gasteiger partial charge in [-0.05, 0) is 55.9 Å². The summed E-state index contributed by atoms with van der Waals surface area (Å²) in [6.45, 7) is 4.41. The molecular formula is C18H34ClN3O4S. The first-order valence-corrected chi connectivity index (χ1v) is 10.7. The molecule has 2 atom stereocenters. The minimum Gasteiger partial charge on any atom is -0.480 e. The molecule has 1 aliphatic rings. The molecule has 0 heterocycles. The first-order chi connectivity index (χ1) is 12.3. The van der Waals surface area contributed by atoms with Crippen LogP contribution < -0.4 is 16.4 Å². The van der Waals surface area contributed by atoms with Crippen LogP contribution in [-0.4, -0.2) is 53.5 Å². The van der Waals surface area contributed by atoms with Crippen LogP contribution in [0, 0.1) is 17.8 Å². The molecule has 0 radical (unpaired) electrons. The summed E-state index contributed by atoms with van der Waals surface area (Å²) in [6, 6.07) is -1.31. The van der Waals surface area contributed by atoms with E-state index in [1.54, 1.807) is 11.8 Å². The van der Waals surface area contributed by atoms with Crippen molar-refractivity contribution < 1.29 is 19.5 Å². The lowest BCUT2D eigenvalue weighted by molar-refractivity contribution is -0.142. The smallest absolute Gasteiger partial charge is 0.326 e. The van der Waals surface area contributed by atoms with E-state index in [1.165, 1.54) is 0 Å². The molecule has 0 unspecified atom stereocenters. The molecule has 2 amide bonds. The van der Waals surface area contributed by atoms with E-state index in [2.05, 4.69) is 10.6 Å². The first kappa shape index (κ1) is 26.0. The number of rotatable bonds is 10. The summed E-state index contributed by atoms with van der Waals surface area (Å²) in [7, 11) is 0. The Morgan fingerprint density at radius 1 is 1.19 bits per heavy atom. The third-order valence-electron chi connectivity index (χ3n) is 5.03. The molecular weight excluding hydrogens is 390 g/mol. The van der Waals surface area contributed by atoms with Crippen LogP contribution in [0.3, 0.4) is 0 Å². The molecule has 0 bridgehead atoms. The van der Waals surface area contributed by atoms with E-state index in [4.69, 9.17) is 5.73 Å². The van der Waals surface area contributed by atoms with Crippen LogP contribution in [0.5, 0.6) is 0 Å². The summed E-state index contributed by atoms with van der Waals surface area (Å²) in [5.41, 5.74) is 5.83. The van der Waals surface area contributed by atoms with Gasteiger partial charge in [0.05, 0.1) is 6.04 Å². The molecule has 1 saturated carbocycles. The molecule has 0 aromatic heterocycles. The number of carboxylic acids is 1. The molecule has 158 valence electrons. The van der Waals surface area contributed by atoms with Gasteiger partial charge in [0.1, 0.15) is 6.04 Å². The van der Waals surface area contributed by atoms with Gasteiger partial charge >= 0.3 is 5.97 Å². The van der Waals surface area contributed by atoms with Crippen molar-refractivity contribution in [3.63, 3.8) is 0 Å². The van der Waals surface area contributed by atoms with Crippen molar-refractivity contribution in [3.05, 3.63) is 0 Å². The average Bonchev–Trinajstić information content (AvgIpc) is 2.62. The molecule has 1 aliphatic carbocycles. The Hall–Kier alpha value is -0.990. The highest BCUT2D eigenvalue weighted by Gasteiger charge is 2.29. The summed E-state index contributed by atoms with van der Waals surface area (Å²) in [6.07, 6.45) is 5.47. The Labute approximate surface area is 172 Å². The molecule has 0 aromatic carbocycles. The van der Waals surface area contributed by atoms with E-state index < -0.39 is 18.1 Å². The van der Waals surface area contributed by atoms with Crippen LogP contribution in [-0.2, 0) is 14.4 Å². The Morgan fingerprint density at radius 2 is 1.78 bits per heavy atom. The van der Waals surface area contributed by atoms with Gasteiger partial charge in [-0.25, -0.2) is 4.79 Å². The zero-order valence-electron chi connectivity index (χ0n) is 16.4. The van der Waals surface area contributed by atoms with E-state index in [0.29, 0.717) is 24.6 Å². The number of thioether (sulfide) groups is 1. The maximum absolute atomic E-state index is 12.3. The number of carbonyl (C=O) groups is 3. The maximum atomic E-state index is 12.3. The van der Waals surface area contributed by atoms with E-state index >= 15 is 0 Å². The van der Waals surface area contributed by atoms with Gasteiger partial charge in [-0.3, -0.25) is 9.59 Å². The zero-order chi connectivity index (χ0) is 19.7. The monoisotopic (exact) mass is 423 g/mol. The number of hydrogen-bond acceptors (Lipinski definition) is 5. The quantitative estimate of drug-likeness (QED) is 0.423. The average molecular weight is 424 g/mol. The molecule has 0 aromatic rings. The summed E-state index contributed by atoms with van der Waals surface area (Å²) in [5.74, 6) is -0.277. The number of amides is 2. The fourth-order valence-electron chi connectivity index (χ4n) is 3.08. The molecule has 0 spiro atoms. The number of aliphatic carboxylic acids is 1. The Morgan fingerprint density at radius 3 is 2.26 bits per heavy atom. The maximum Gasteiger partial charge on any atom is 0.326 e. The third kappa shape index (κ3) is 9.17. The second-order valence-corrected chi connectivity index (χ2v) is 8.40. The third-order valence-corrected chi connectivity index (χ3v) is 5.67. The van der Waals surface area contributed by atoms with Crippen molar-refractivity contribution in [1.29, 1.82) is 0 Å². The van der Waals surface area contributed by atoms with Gasteiger partial charge in [-0.2, -0.15) is 11.8 Å². The molecule has 0 aliphatic heterocycles. The van der Waals surface area contributed by atoms with Gasteiger partial charge in [-0.1, -0.05) is 13.8 Å². The van der Waals surface area contributed by atoms with Gasteiger partial charge in [-0.15, -0.1) is 12.4 Å². The van der Waals surface area contributed by atoms with Crippen molar-refractivity contribution in [3.8, 4) is 0 Å². The molecule has 9 heteroatoms. The highest BCUT2D eigenvalue weighted by Crippen LogP contribution is 2.28. The Bertz CT molecular complexity index is 485. The minimum absolute atomic E-state index is 0. The zero-order valence-corrected chi connectivity index (χ0v) is 18.0.